The Bertz CT molecular complexity index is 1390. The van der Waals surface area contributed by atoms with Gasteiger partial charge in [-0.25, -0.2) is 14.0 Å². The average molecular weight is 511 g/mol. The molecule has 8 heteroatoms. The summed E-state index contributed by atoms with van der Waals surface area (Å²) in [7, 11) is 0. The van der Waals surface area contributed by atoms with Crippen LogP contribution in [0.25, 0.3) is 5.69 Å². The third kappa shape index (κ3) is 5.40. The van der Waals surface area contributed by atoms with Crippen LogP contribution in [0.4, 0.5) is 11.4 Å². The summed E-state index contributed by atoms with van der Waals surface area (Å²) >= 11 is 0. The van der Waals surface area contributed by atoms with Crippen LogP contribution in [0.5, 0.6) is 0 Å². The molecule has 1 saturated heterocycles. The van der Waals surface area contributed by atoms with Gasteiger partial charge in [-0.15, -0.1) is 0 Å². The minimum absolute atomic E-state index is 0.0245. The first-order valence-corrected chi connectivity index (χ1v) is 13.2. The van der Waals surface area contributed by atoms with Gasteiger partial charge in [-0.3, -0.25) is 9.69 Å². The highest BCUT2D eigenvalue weighted by atomic mass is 16.2. The van der Waals surface area contributed by atoms with E-state index < -0.39 is 0 Å². The molecule has 8 nitrogen and oxygen atoms in total. The number of carbonyl (C=O) groups excluding carboxylic acids is 1. The summed E-state index contributed by atoms with van der Waals surface area (Å²) in [6.45, 7) is 7.15. The molecule has 1 aromatic heterocycles. The lowest BCUT2D eigenvalue weighted by molar-refractivity contribution is -0.121. The number of amides is 1. The molecule has 38 heavy (non-hydrogen) atoms. The highest BCUT2D eigenvalue weighted by Gasteiger charge is 2.30. The average Bonchev–Trinajstić information content (AvgIpc) is 3.35. The van der Waals surface area contributed by atoms with Gasteiger partial charge < -0.3 is 10.2 Å². The minimum Gasteiger partial charge on any atom is -0.369 e. The summed E-state index contributed by atoms with van der Waals surface area (Å²) in [6, 6.07) is 27.3. The quantitative estimate of drug-likeness (QED) is 0.378. The molecule has 1 aliphatic rings. The Morgan fingerprint density at radius 3 is 2.11 bits per heavy atom. The molecule has 0 saturated carbocycles. The van der Waals surface area contributed by atoms with Crippen molar-refractivity contribution in [1.29, 1.82) is 0 Å². The predicted octanol–water partition coefficient (Wildman–Crippen LogP) is 4.51. The third-order valence-electron chi connectivity index (χ3n) is 7.28. The lowest BCUT2D eigenvalue weighted by Crippen LogP contribution is -2.50. The second kappa shape index (κ2) is 11.5. The highest BCUT2D eigenvalue weighted by Crippen LogP contribution is 2.26. The van der Waals surface area contributed by atoms with Crippen LogP contribution >= 0.6 is 0 Å². The molecule has 1 amide bonds. The van der Waals surface area contributed by atoms with Gasteiger partial charge in [-0.1, -0.05) is 55.5 Å². The van der Waals surface area contributed by atoms with Crippen LogP contribution < -0.4 is 15.9 Å². The van der Waals surface area contributed by atoms with Crippen molar-refractivity contribution >= 4 is 17.3 Å². The van der Waals surface area contributed by atoms with Gasteiger partial charge in [0, 0.05) is 37.6 Å². The van der Waals surface area contributed by atoms with Crippen LogP contribution in [0.2, 0.25) is 0 Å². The van der Waals surface area contributed by atoms with Crippen molar-refractivity contribution in [3.05, 3.63) is 107 Å². The molecular formula is C30H34N6O2. The molecule has 2 unspecified atom stereocenters. The van der Waals surface area contributed by atoms with Crippen LogP contribution in [0.1, 0.15) is 37.9 Å². The molecule has 2 atom stereocenters. The fraction of sp³-hybridized carbons (Fsp3) is 0.300. The van der Waals surface area contributed by atoms with E-state index in [1.165, 1.54) is 4.68 Å². The van der Waals surface area contributed by atoms with E-state index in [0.29, 0.717) is 0 Å². The maximum atomic E-state index is 13.4. The molecule has 4 aromatic rings. The Balaban J connectivity index is 1.28. The molecule has 2 heterocycles. The van der Waals surface area contributed by atoms with Gasteiger partial charge in [0.15, 0.2) is 0 Å². The van der Waals surface area contributed by atoms with Crippen LogP contribution in [0, 0.1) is 0 Å². The van der Waals surface area contributed by atoms with E-state index in [2.05, 4.69) is 32.3 Å². The first kappa shape index (κ1) is 25.5. The van der Waals surface area contributed by atoms with E-state index in [9.17, 15) is 9.59 Å². The Labute approximate surface area is 223 Å². The number of para-hydroxylation sites is 1. The molecule has 1 N–H and O–H groups in total. The molecule has 0 aliphatic carbocycles. The summed E-state index contributed by atoms with van der Waals surface area (Å²) in [6.07, 6.45) is 2.44. The topological polar surface area (TPSA) is 75.4 Å². The van der Waals surface area contributed by atoms with Crippen molar-refractivity contribution in [3.8, 4) is 5.69 Å². The number of rotatable bonds is 8. The number of anilines is 2. The zero-order valence-electron chi connectivity index (χ0n) is 21.9. The smallest absolute Gasteiger partial charge is 0.350 e. The number of piperazine rings is 1. The molecule has 1 aliphatic heterocycles. The van der Waals surface area contributed by atoms with Gasteiger partial charge in [-0.2, -0.15) is 5.10 Å². The summed E-state index contributed by atoms with van der Waals surface area (Å²) in [5.74, 6) is -0.0245. The summed E-state index contributed by atoms with van der Waals surface area (Å²) in [5, 5.41) is 7.37. The lowest BCUT2D eigenvalue weighted by atomic mass is 10.0. The monoisotopic (exact) mass is 510 g/mol. The molecule has 0 spiro atoms. The van der Waals surface area contributed by atoms with E-state index in [0.717, 1.165) is 55.2 Å². The van der Waals surface area contributed by atoms with Crippen molar-refractivity contribution in [1.82, 2.24) is 19.2 Å². The van der Waals surface area contributed by atoms with Crippen LogP contribution in [0.15, 0.2) is 96.1 Å². The summed E-state index contributed by atoms with van der Waals surface area (Å²) in [5.41, 5.74) is 3.56. The molecule has 5 rings (SSSR count). The van der Waals surface area contributed by atoms with Crippen molar-refractivity contribution in [2.45, 2.75) is 32.4 Å². The summed E-state index contributed by atoms with van der Waals surface area (Å²) in [4.78, 5) is 30.8. The number of nitrogens with one attached hydrogen (secondary N) is 1. The summed E-state index contributed by atoms with van der Waals surface area (Å²) < 4.78 is 3.12. The van der Waals surface area contributed by atoms with E-state index in [1.807, 2.05) is 86.6 Å². The Morgan fingerprint density at radius 1 is 0.868 bits per heavy atom. The molecule has 196 valence electrons. The molecule has 0 bridgehead atoms. The minimum atomic E-state index is -0.366. The number of nitrogens with zero attached hydrogens (tertiary/aromatic N) is 5. The lowest BCUT2D eigenvalue weighted by Gasteiger charge is -2.39. The van der Waals surface area contributed by atoms with Crippen LogP contribution in [0.3, 0.4) is 0 Å². The van der Waals surface area contributed by atoms with Crippen molar-refractivity contribution < 1.29 is 4.79 Å². The standard InChI is InChI=1S/C30H34N6O2/c1-3-23(2)36-30(38)35(22-31-36)27-16-14-26(15-17-27)33-18-20-34(21-19-33)28(24-10-6-4-7-11-24)29(37)32-25-12-8-5-9-13-25/h4-17,22-23,28H,3,18-21H2,1-2H3,(H,32,37). The van der Waals surface area contributed by atoms with E-state index in [-0.39, 0.29) is 23.7 Å². The second-order valence-electron chi connectivity index (χ2n) is 9.69. The number of hydrogen-bond acceptors (Lipinski definition) is 5. The van der Waals surface area contributed by atoms with Gasteiger partial charge in [0.25, 0.3) is 0 Å². The normalized spacial score (nSPS) is 15.7. The number of benzene rings is 3. The SMILES string of the molecule is CCC(C)n1ncn(-c2ccc(N3CCN(C(C(=O)Nc4ccccc4)c4ccccc4)CC3)cc2)c1=O. The number of aromatic nitrogens is 3. The highest BCUT2D eigenvalue weighted by molar-refractivity contribution is 5.95. The van der Waals surface area contributed by atoms with Gasteiger partial charge in [0.2, 0.25) is 5.91 Å². The first-order chi connectivity index (χ1) is 18.5. The zero-order chi connectivity index (χ0) is 26.5. The second-order valence-corrected chi connectivity index (χ2v) is 9.69. The predicted molar refractivity (Wildman–Crippen MR) is 151 cm³/mol. The van der Waals surface area contributed by atoms with Gasteiger partial charge >= 0.3 is 5.69 Å². The maximum absolute atomic E-state index is 13.4. The van der Waals surface area contributed by atoms with E-state index in [4.69, 9.17) is 0 Å². The van der Waals surface area contributed by atoms with Gasteiger partial charge in [0.1, 0.15) is 12.4 Å². The molecule has 3 aromatic carbocycles. The number of hydrogen-bond donors (Lipinski definition) is 1. The van der Waals surface area contributed by atoms with E-state index >= 15 is 0 Å². The van der Waals surface area contributed by atoms with E-state index in [1.54, 1.807) is 10.9 Å². The van der Waals surface area contributed by atoms with Gasteiger partial charge in [-0.05, 0) is 55.3 Å². The van der Waals surface area contributed by atoms with Crippen molar-refractivity contribution in [2.24, 2.45) is 0 Å². The molecule has 1 fully saturated rings. The number of carbonyl (C=O) groups is 1. The Kier molecular flexibility index (Phi) is 7.70. The molecule has 0 radical (unpaired) electrons. The van der Waals surface area contributed by atoms with Crippen LogP contribution in [-0.4, -0.2) is 51.3 Å². The first-order valence-electron chi connectivity index (χ1n) is 13.2. The van der Waals surface area contributed by atoms with Crippen LogP contribution in [-0.2, 0) is 4.79 Å². The molecular weight excluding hydrogens is 476 g/mol. The zero-order valence-corrected chi connectivity index (χ0v) is 21.9. The van der Waals surface area contributed by atoms with Crippen molar-refractivity contribution in [3.63, 3.8) is 0 Å². The fourth-order valence-electron chi connectivity index (χ4n) is 4.93. The maximum Gasteiger partial charge on any atom is 0.350 e. The third-order valence-corrected chi connectivity index (χ3v) is 7.28. The van der Waals surface area contributed by atoms with Gasteiger partial charge in [0.05, 0.1) is 11.7 Å². The largest absolute Gasteiger partial charge is 0.369 e. The van der Waals surface area contributed by atoms with Crippen molar-refractivity contribution in [2.75, 3.05) is 36.4 Å². The Hall–Kier alpha value is -4.17. The fourth-order valence-corrected chi connectivity index (χ4v) is 4.93. The Morgan fingerprint density at radius 2 is 1.47 bits per heavy atom.